The number of nitrogens with zero attached hydrogens (tertiary/aromatic N) is 2. The Morgan fingerprint density at radius 2 is 2.11 bits per heavy atom. The van der Waals surface area contributed by atoms with Crippen molar-refractivity contribution in [2.75, 3.05) is 0 Å². The van der Waals surface area contributed by atoms with E-state index in [2.05, 4.69) is 20.8 Å². The van der Waals surface area contributed by atoms with Crippen LogP contribution in [0.2, 0.25) is 0 Å². The van der Waals surface area contributed by atoms with E-state index in [1.807, 2.05) is 13.0 Å². The summed E-state index contributed by atoms with van der Waals surface area (Å²) in [5.74, 6) is 1.12. The molecule has 1 atom stereocenters. The van der Waals surface area contributed by atoms with Crippen LogP contribution in [0.4, 0.5) is 4.39 Å². The predicted octanol–water partition coefficient (Wildman–Crippen LogP) is 5.36. The summed E-state index contributed by atoms with van der Waals surface area (Å²) < 4.78 is 15.3. The summed E-state index contributed by atoms with van der Waals surface area (Å²) in [5, 5.41) is 0.793. The van der Waals surface area contributed by atoms with Gasteiger partial charge in [-0.05, 0) is 53.9 Å². The zero-order valence-corrected chi connectivity index (χ0v) is 17.8. The van der Waals surface area contributed by atoms with Crippen LogP contribution in [-0.2, 0) is 25.8 Å². The monoisotopic (exact) mass is 398 g/mol. The van der Waals surface area contributed by atoms with Gasteiger partial charge < -0.3 is 0 Å². The smallest absolute Gasteiger partial charge is 0.262 e. The molecule has 0 fully saturated rings. The third kappa shape index (κ3) is 3.41. The first-order valence-corrected chi connectivity index (χ1v) is 10.9. The summed E-state index contributed by atoms with van der Waals surface area (Å²) in [6.45, 7) is 9.27. The highest BCUT2D eigenvalue weighted by atomic mass is 32.1. The van der Waals surface area contributed by atoms with Crippen LogP contribution >= 0.6 is 11.3 Å². The number of halogens is 1. The topological polar surface area (TPSA) is 34.9 Å². The molecule has 5 heteroatoms. The van der Waals surface area contributed by atoms with Crippen LogP contribution in [0.1, 0.15) is 55.9 Å². The predicted molar refractivity (Wildman–Crippen MR) is 114 cm³/mol. The zero-order valence-electron chi connectivity index (χ0n) is 17.0. The van der Waals surface area contributed by atoms with Gasteiger partial charge in [0.15, 0.2) is 0 Å². The van der Waals surface area contributed by atoms with E-state index in [1.165, 1.54) is 22.6 Å². The van der Waals surface area contributed by atoms with Crippen molar-refractivity contribution in [2.24, 2.45) is 11.3 Å². The van der Waals surface area contributed by atoms with Gasteiger partial charge >= 0.3 is 0 Å². The van der Waals surface area contributed by atoms with Crippen molar-refractivity contribution in [1.29, 1.82) is 0 Å². The Balaban J connectivity index is 1.82. The van der Waals surface area contributed by atoms with Crippen molar-refractivity contribution in [3.63, 3.8) is 0 Å². The fraction of sp³-hybridized carbons (Fsp3) is 0.478. The van der Waals surface area contributed by atoms with Crippen LogP contribution in [0.25, 0.3) is 10.2 Å². The SMILES string of the molecule is CCc1nc2sc3c(c2c(=O)n1Cc1cccc(F)c1)CCC(C(C)(C)C)C3. The van der Waals surface area contributed by atoms with Crippen LogP contribution in [0.5, 0.6) is 0 Å². The summed E-state index contributed by atoms with van der Waals surface area (Å²) in [7, 11) is 0. The van der Waals surface area contributed by atoms with Crippen LogP contribution in [0.3, 0.4) is 0 Å². The van der Waals surface area contributed by atoms with Crippen LogP contribution in [0, 0.1) is 17.2 Å². The van der Waals surface area contributed by atoms with Crippen LogP contribution < -0.4 is 5.56 Å². The molecular formula is C23H27FN2OS. The molecule has 0 radical (unpaired) electrons. The van der Waals surface area contributed by atoms with E-state index < -0.39 is 0 Å². The largest absolute Gasteiger partial charge is 0.292 e. The molecule has 0 spiro atoms. The van der Waals surface area contributed by atoms with Gasteiger partial charge in [-0.15, -0.1) is 11.3 Å². The van der Waals surface area contributed by atoms with Gasteiger partial charge in [-0.2, -0.15) is 0 Å². The molecule has 3 nitrogen and oxygen atoms in total. The zero-order chi connectivity index (χ0) is 20.1. The van der Waals surface area contributed by atoms with E-state index in [1.54, 1.807) is 22.0 Å². The maximum Gasteiger partial charge on any atom is 0.262 e. The number of aromatic nitrogens is 2. The number of aryl methyl sites for hydroxylation is 2. The maximum absolute atomic E-state index is 13.6. The normalized spacial score (nSPS) is 17.1. The van der Waals surface area contributed by atoms with Gasteiger partial charge in [0.05, 0.1) is 11.9 Å². The molecule has 0 bridgehead atoms. The minimum absolute atomic E-state index is 0.0258. The van der Waals surface area contributed by atoms with Gasteiger partial charge in [0.1, 0.15) is 16.5 Å². The van der Waals surface area contributed by atoms with Gasteiger partial charge in [0.2, 0.25) is 0 Å². The molecule has 148 valence electrons. The van der Waals surface area contributed by atoms with E-state index in [4.69, 9.17) is 4.98 Å². The first kappa shape index (κ1) is 19.3. The summed E-state index contributed by atoms with van der Waals surface area (Å²) in [6.07, 6.45) is 3.76. The summed E-state index contributed by atoms with van der Waals surface area (Å²) in [5.41, 5.74) is 2.29. The molecule has 0 N–H and O–H groups in total. The molecule has 1 unspecified atom stereocenters. The Morgan fingerprint density at radius 3 is 2.79 bits per heavy atom. The fourth-order valence-corrected chi connectivity index (χ4v) is 5.60. The Hall–Kier alpha value is -2.01. The molecule has 1 aliphatic carbocycles. The van der Waals surface area contributed by atoms with E-state index in [0.29, 0.717) is 18.9 Å². The summed E-state index contributed by atoms with van der Waals surface area (Å²) in [6, 6.07) is 6.46. The highest BCUT2D eigenvalue weighted by Crippen LogP contribution is 2.42. The van der Waals surface area contributed by atoms with Gasteiger partial charge in [-0.25, -0.2) is 9.37 Å². The molecule has 0 amide bonds. The molecule has 0 aliphatic heterocycles. The summed E-state index contributed by atoms with van der Waals surface area (Å²) in [4.78, 5) is 20.5. The average molecular weight is 399 g/mol. The first-order valence-electron chi connectivity index (χ1n) is 10.1. The Kier molecular flexibility index (Phi) is 4.90. The fourth-order valence-electron chi connectivity index (χ4n) is 4.29. The van der Waals surface area contributed by atoms with Gasteiger partial charge in [-0.3, -0.25) is 9.36 Å². The van der Waals surface area contributed by atoms with Gasteiger partial charge in [-0.1, -0.05) is 39.8 Å². The van der Waals surface area contributed by atoms with Gasteiger partial charge in [0.25, 0.3) is 5.56 Å². The molecule has 3 aromatic rings. The molecule has 4 rings (SSSR count). The lowest BCUT2D eigenvalue weighted by molar-refractivity contribution is 0.218. The second-order valence-electron chi connectivity index (χ2n) is 8.89. The van der Waals surface area contributed by atoms with Gasteiger partial charge in [0, 0.05) is 11.3 Å². The number of fused-ring (bicyclic) bond motifs is 3. The number of hydrogen-bond donors (Lipinski definition) is 0. The van der Waals surface area contributed by atoms with Crippen molar-refractivity contribution < 1.29 is 4.39 Å². The third-order valence-corrected chi connectivity index (χ3v) is 7.17. The minimum Gasteiger partial charge on any atom is -0.292 e. The molecule has 1 aromatic carbocycles. The maximum atomic E-state index is 13.6. The lowest BCUT2D eigenvalue weighted by atomic mass is 9.72. The second-order valence-corrected chi connectivity index (χ2v) is 9.98. The molecule has 2 heterocycles. The highest BCUT2D eigenvalue weighted by Gasteiger charge is 2.32. The molecule has 0 saturated heterocycles. The summed E-state index contributed by atoms with van der Waals surface area (Å²) >= 11 is 1.70. The Labute approximate surface area is 169 Å². The molecule has 0 saturated carbocycles. The number of benzene rings is 1. The van der Waals surface area contributed by atoms with Crippen LogP contribution in [-0.4, -0.2) is 9.55 Å². The Morgan fingerprint density at radius 1 is 1.32 bits per heavy atom. The quantitative estimate of drug-likeness (QED) is 0.595. The van der Waals surface area contributed by atoms with Crippen molar-refractivity contribution in [3.05, 3.63) is 62.3 Å². The number of rotatable bonds is 3. The van der Waals surface area contributed by atoms with Crippen molar-refractivity contribution >= 4 is 21.6 Å². The van der Waals surface area contributed by atoms with Crippen LogP contribution in [0.15, 0.2) is 29.1 Å². The number of hydrogen-bond acceptors (Lipinski definition) is 3. The molecule has 28 heavy (non-hydrogen) atoms. The lowest BCUT2D eigenvalue weighted by Gasteiger charge is -2.33. The molecule has 1 aliphatic rings. The Bertz CT molecular complexity index is 1090. The third-order valence-electron chi connectivity index (χ3n) is 6.02. The van der Waals surface area contributed by atoms with E-state index in [-0.39, 0.29) is 16.8 Å². The van der Waals surface area contributed by atoms with Crippen molar-refractivity contribution in [2.45, 2.75) is 59.9 Å². The average Bonchev–Trinajstić information content (AvgIpc) is 3.01. The van der Waals surface area contributed by atoms with E-state index in [0.717, 1.165) is 40.9 Å². The molecular weight excluding hydrogens is 371 g/mol. The second kappa shape index (κ2) is 7.11. The minimum atomic E-state index is -0.279. The first-order chi connectivity index (χ1) is 13.3. The lowest BCUT2D eigenvalue weighted by Crippen LogP contribution is -2.28. The van der Waals surface area contributed by atoms with E-state index in [9.17, 15) is 9.18 Å². The molecule has 2 aromatic heterocycles. The highest BCUT2D eigenvalue weighted by molar-refractivity contribution is 7.18. The van der Waals surface area contributed by atoms with Crippen molar-refractivity contribution in [1.82, 2.24) is 9.55 Å². The van der Waals surface area contributed by atoms with E-state index >= 15 is 0 Å². The standard InChI is InChI=1S/C23H27FN2OS/c1-5-19-25-21-20(17-10-9-15(23(2,3)4)12-18(17)28-21)22(27)26(19)13-14-7-6-8-16(24)11-14/h6-8,11,15H,5,9-10,12-13H2,1-4H3. The van der Waals surface area contributed by atoms with Crippen molar-refractivity contribution in [3.8, 4) is 0 Å². The number of thiophene rings is 1.